The van der Waals surface area contributed by atoms with Gasteiger partial charge < -0.3 is 10.6 Å². The maximum Gasteiger partial charge on any atom is 0.405 e. The highest BCUT2D eigenvalue weighted by molar-refractivity contribution is 5.78. The van der Waals surface area contributed by atoms with Crippen LogP contribution < -0.4 is 10.6 Å². The Morgan fingerprint density at radius 2 is 2.20 bits per heavy atom. The van der Waals surface area contributed by atoms with Crippen LogP contribution in [0.1, 0.15) is 19.8 Å². The molecule has 2 N–H and O–H groups in total. The van der Waals surface area contributed by atoms with Gasteiger partial charge >= 0.3 is 6.18 Å². The topological polar surface area (TPSA) is 41.1 Å². The van der Waals surface area contributed by atoms with Gasteiger partial charge in [0.1, 0.15) is 6.54 Å². The number of carbonyl (C=O) groups excluding carboxylic acids is 1. The highest BCUT2D eigenvalue weighted by Crippen LogP contribution is 2.17. The first-order valence-electron chi connectivity index (χ1n) is 4.96. The number of alkyl halides is 3. The predicted octanol–water partition coefficient (Wildman–Crippen LogP) is 1.05. The van der Waals surface area contributed by atoms with Crippen molar-refractivity contribution in [3.8, 4) is 0 Å². The van der Waals surface area contributed by atoms with E-state index in [1.54, 1.807) is 0 Å². The summed E-state index contributed by atoms with van der Waals surface area (Å²) < 4.78 is 35.5. The van der Waals surface area contributed by atoms with E-state index in [2.05, 4.69) is 5.32 Å². The molecule has 3 nitrogen and oxygen atoms in total. The molecule has 88 valence electrons. The average Bonchev–Trinajstić information content (AvgIpc) is 2.13. The Balaban J connectivity index is 2.33. The van der Waals surface area contributed by atoms with Gasteiger partial charge in [0, 0.05) is 12.0 Å². The molecule has 0 saturated carbocycles. The summed E-state index contributed by atoms with van der Waals surface area (Å²) in [4.78, 5) is 11.4. The lowest BCUT2D eigenvalue weighted by molar-refractivity contribution is -0.141. The second-order valence-electron chi connectivity index (χ2n) is 3.91. The molecule has 0 aromatic heterocycles. The summed E-state index contributed by atoms with van der Waals surface area (Å²) in [6.45, 7) is 1.37. The van der Waals surface area contributed by atoms with Gasteiger partial charge in [-0.3, -0.25) is 4.79 Å². The van der Waals surface area contributed by atoms with Crippen LogP contribution in [0.3, 0.4) is 0 Å². The Hall–Kier alpha value is -0.780. The maximum absolute atomic E-state index is 11.8. The highest BCUT2D eigenvalue weighted by atomic mass is 19.4. The van der Waals surface area contributed by atoms with Crippen LogP contribution in [-0.2, 0) is 4.79 Å². The summed E-state index contributed by atoms with van der Waals surface area (Å²) >= 11 is 0. The van der Waals surface area contributed by atoms with E-state index in [1.165, 1.54) is 0 Å². The number of halogens is 3. The van der Waals surface area contributed by atoms with E-state index in [4.69, 9.17) is 0 Å². The molecule has 6 heteroatoms. The second-order valence-corrected chi connectivity index (χ2v) is 3.91. The number of hydrogen-bond donors (Lipinski definition) is 2. The van der Waals surface area contributed by atoms with Gasteiger partial charge in [0.25, 0.3) is 0 Å². The SMILES string of the molecule is CC1CC(C(=O)NCC(F)(F)F)CCN1. The van der Waals surface area contributed by atoms with E-state index >= 15 is 0 Å². The molecule has 1 aliphatic heterocycles. The Morgan fingerprint density at radius 1 is 1.53 bits per heavy atom. The quantitative estimate of drug-likeness (QED) is 0.736. The molecule has 1 amide bonds. The fraction of sp³-hybridized carbons (Fsp3) is 0.889. The molecule has 0 aromatic rings. The molecular formula is C9H15F3N2O. The van der Waals surface area contributed by atoms with Gasteiger partial charge in [-0.2, -0.15) is 13.2 Å². The monoisotopic (exact) mass is 224 g/mol. The number of piperidine rings is 1. The minimum Gasteiger partial charge on any atom is -0.347 e. The third-order valence-corrected chi connectivity index (χ3v) is 2.46. The van der Waals surface area contributed by atoms with Crippen molar-refractivity contribution in [2.24, 2.45) is 5.92 Å². The summed E-state index contributed by atoms with van der Waals surface area (Å²) in [5.41, 5.74) is 0. The highest BCUT2D eigenvalue weighted by Gasteiger charge is 2.30. The van der Waals surface area contributed by atoms with Crippen molar-refractivity contribution >= 4 is 5.91 Å². The molecule has 1 heterocycles. The molecule has 1 fully saturated rings. The van der Waals surface area contributed by atoms with Crippen LogP contribution in [0.5, 0.6) is 0 Å². The van der Waals surface area contributed by atoms with Crippen LogP contribution in [0.4, 0.5) is 13.2 Å². The lowest BCUT2D eigenvalue weighted by Crippen LogP contribution is -2.44. The standard InChI is InChI=1S/C9H15F3N2O/c1-6-4-7(2-3-13-6)8(15)14-5-9(10,11)12/h6-7,13H,2-5H2,1H3,(H,14,15). The summed E-state index contributed by atoms with van der Waals surface area (Å²) in [5, 5.41) is 5.06. The average molecular weight is 224 g/mol. The van der Waals surface area contributed by atoms with E-state index in [-0.39, 0.29) is 12.0 Å². The van der Waals surface area contributed by atoms with Crippen LogP contribution in [0.25, 0.3) is 0 Å². The molecule has 0 spiro atoms. The zero-order chi connectivity index (χ0) is 11.5. The van der Waals surface area contributed by atoms with Gasteiger partial charge in [0.05, 0.1) is 0 Å². The predicted molar refractivity (Wildman–Crippen MR) is 49.3 cm³/mol. The molecule has 0 aromatic carbocycles. The second kappa shape index (κ2) is 4.83. The van der Waals surface area contributed by atoms with Crippen molar-refractivity contribution in [1.29, 1.82) is 0 Å². The zero-order valence-corrected chi connectivity index (χ0v) is 8.53. The molecule has 0 radical (unpaired) electrons. The summed E-state index contributed by atoms with van der Waals surface area (Å²) in [7, 11) is 0. The number of carbonyl (C=O) groups is 1. The molecule has 15 heavy (non-hydrogen) atoms. The third-order valence-electron chi connectivity index (χ3n) is 2.46. The lowest BCUT2D eigenvalue weighted by Gasteiger charge is -2.27. The molecular weight excluding hydrogens is 209 g/mol. The van der Waals surface area contributed by atoms with Crippen molar-refractivity contribution in [1.82, 2.24) is 10.6 Å². The molecule has 0 aliphatic carbocycles. The van der Waals surface area contributed by atoms with Gasteiger partial charge in [-0.25, -0.2) is 0 Å². The Morgan fingerprint density at radius 3 is 2.73 bits per heavy atom. The molecule has 2 atom stereocenters. The molecule has 1 rings (SSSR count). The lowest BCUT2D eigenvalue weighted by atomic mass is 9.92. The number of nitrogens with one attached hydrogen (secondary N) is 2. The zero-order valence-electron chi connectivity index (χ0n) is 8.53. The van der Waals surface area contributed by atoms with Crippen molar-refractivity contribution in [3.05, 3.63) is 0 Å². The van der Waals surface area contributed by atoms with Crippen LogP contribution in [0.2, 0.25) is 0 Å². The molecule has 0 bridgehead atoms. The van der Waals surface area contributed by atoms with Crippen LogP contribution in [-0.4, -0.2) is 31.2 Å². The minimum atomic E-state index is -4.33. The number of hydrogen-bond acceptors (Lipinski definition) is 2. The van der Waals surface area contributed by atoms with Gasteiger partial charge in [-0.1, -0.05) is 0 Å². The minimum absolute atomic E-state index is 0.195. The van der Waals surface area contributed by atoms with Crippen LogP contribution in [0.15, 0.2) is 0 Å². The normalized spacial score (nSPS) is 27.5. The first-order valence-corrected chi connectivity index (χ1v) is 4.96. The summed E-state index contributed by atoms with van der Waals surface area (Å²) in [6, 6.07) is 0.195. The largest absolute Gasteiger partial charge is 0.405 e. The van der Waals surface area contributed by atoms with Gasteiger partial charge in [0.15, 0.2) is 0 Å². The van der Waals surface area contributed by atoms with E-state index < -0.39 is 18.6 Å². The fourth-order valence-corrected chi connectivity index (χ4v) is 1.70. The van der Waals surface area contributed by atoms with Crippen molar-refractivity contribution in [2.75, 3.05) is 13.1 Å². The Labute approximate surface area is 86.4 Å². The van der Waals surface area contributed by atoms with E-state index in [1.807, 2.05) is 12.2 Å². The van der Waals surface area contributed by atoms with E-state index in [0.29, 0.717) is 19.4 Å². The van der Waals surface area contributed by atoms with Gasteiger partial charge in [-0.15, -0.1) is 0 Å². The van der Waals surface area contributed by atoms with E-state index in [0.717, 1.165) is 0 Å². The van der Waals surface area contributed by atoms with E-state index in [9.17, 15) is 18.0 Å². The van der Waals surface area contributed by atoms with Crippen LogP contribution >= 0.6 is 0 Å². The molecule has 2 unspecified atom stereocenters. The smallest absolute Gasteiger partial charge is 0.347 e. The van der Waals surface area contributed by atoms with Crippen molar-refractivity contribution in [3.63, 3.8) is 0 Å². The van der Waals surface area contributed by atoms with Gasteiger partial charge in [-0.05, 0) is 26.3 Å². The van der Waals surface area contributed by atoms with Gasteiger partial charge in [0.2, 0.25) is 5.91 Å². The first-order chi connectivity index (χ1) is 6.88. The van der Waals surface area contributed by atoms with Crippen LogP contribution in [0, 0.1) is 5.92 Å². The first kappa shape index (κ1) is 12.3. The third kappa shape index (κ3) is 4.51. The van der Waals surface area contributed by atoms with Crippen molar-refractivity contribution in [2.45, 2.75) is 32.0 Å². The number of amides is 1. The summed E-state index contributed by atoms with van der Waals surface area (Å²) in [6.07, 6.45) is -3.12. The van der Waals surface area contributed by atoms with Crippen molar-refractivity contribution < 1.29 is 18.0 Å². The molecule has 1 saturated heterocycles. The summed E-state index contributed by atoms with van der Waals surface area (Å²) in [5.74, 6) is -0.774. The molecule has 1 aliphatic rings. The Bertz CT molecular complexity index is 230. The maximum atomic E-state index is 11.8. The Kier molecular flexibility index (Phi) is 3.96. The number of rotatable bonds is 2. The fourth-order valence-electron chi connectivity index (χ4n) is 1.70.